The lowest BCUT2D eigenvalue weighted by Gasteiger charge is -2.09. The van der Waals surface area contributed by atoms with E-state index in [2.05, 4.69) is 22.0 Å². The molecule has 4 heteroatoms. The molecular weight excluding hydrogens is 156 g/mol. The molecule has 0 aliphatic heterocycles. The predicted octanol–water partition coefficient (Wildman–Crippen LogP) is 0.609. The molecule has 1 rings (SSSR count). The number of hydrogen-bond acceptors (Lipinski definition) is 4. The van der Waals surface area contributed by atoms with Crippen molar-refractivity contribution < 1.29 is 9.52 Å². The first-order valence-corrected chi connectivity index (χ1v) is 3.53. The van der Waals surface area contributed by atoms with Gasteiger partial charge in [0.15, 0.2) is 0 Å². The molecule has 0 aliphatic rings. The molecule has 12 heavy (non-hydrogen) atoms. The minimum Gasteiger partial charge on any atom is -0.421 e. The third-order valence-electron chi connectivity index (χ3n) is 1.31. The molecule has 0 saturated carbocycles. The average Bonchev–Trinajstić information content (AvgIpc) is 2.36. The summed E-state index contributed by atoms with van der Waals surface area (Å²) in [4.78, 5) is 0. The Bertz CT molecular complexity index is 330. The van der Waals surface area contributed by atoms with Gasteiger partial charge < -0.3 is 9.52 Å². The maximum absolute atomic E-state index is 9.63. The van der Waals surface area contributed by atoms with Crippen molar-refractivity contribution in [3.05, 3.63) is 11.8 Å². The first-order valence-electron chi connectivity index (χ1n) is 3.53. The maximum atomic E-state index is 9.63. The van der Waals surface area contributed by atoms with Gasteiger partial charge in [0.2, 0.25) is 11.5 Å². The van der Waals surface area contributed by atoms with E-state index in [0.29, 0.717) is 5.89 Å². The van der Waals surface area contributed by atoms with Gasteiger partial charge in [-0.25, -0.2) is 0 Å². The summed E-state index contributed by atoms with van der Waals surface area (Å²) >= 11 is 0. The second-order valence-electron chi connectivity index (χ2n) is 2.57. The average molecular weight is 166 g/mol. The Labute approximate surface area is 70.6 Å². The number of aliphatic hydroxyl groups is 1. The maximum Gasteiger partial charge on any atom is 0.260 e. The van der Waals surface area contributed by atoms with Crippen LogP contribution in [0, 0.1) is 18.8 Å². The number of hydrogen-bond donors (Lipinski definition) is 1. The summed E-state index contributed by atoms with van der Waals surface area (Å²) in [5, 5.41) is 16.9. The molecule has 0 amide bonds. The van der Waals surface area contributed by atoms with Crippen molar-refractivity contribution >= 4 is 0 Å². The topological polar surface area (TPSA) is 59.2 Å². The van der Waals surface area contributed by atoms with Crippen molar-refractivity contribution in [2.45, 2.75) is 26.4 Å². The summed E-state index contributed by atoms with van der Waals surface area (Å²) < 4.78 is 5.03. The third kappa shape index (κ3) is 1.63. The van der Waals surface area contributed by atoms with Crippen LogP contribution in [0.2, 0.25) is 0 Å². The van der Waals surface area contributed by atoms with Crippen molar-refractivity contribution in [1.29, 1.82) is 0 Å². The normalized spacial score (nSPS) is 14.7. The zero-order chi connectivity index (χ0) is 9.19. The summed E-state index contributed by atoms with van der Waals surface area (Å²) in [6, 6.07) is 0. The zero-order valence-electron chi connectivity index (χ0n) is 7.25. The van der Waals surface area contributed by atoms with Crippen LogP contribution < -0.4 is 0 Å². The van der Waals surface area contributed by atoms with Gasteiger partial charge in [0.25, 0.3) is 5.89 Å². The molecule has 0 bridgehead atoms. The molecule has 0 aliphatic carbocycles. The minimum absolute atomic E-state index is 0.134. The Morgan fingerprint density at radius 2 is 2.17 bits per heavy atom. The monoisotopic (exact) mass is 166 g/mol. The Morgan fingerprint density at radius 3 is 2.58 bits per heavy atom. The lowest BCUT2D eigenvalue weighted by molar-refractivity contribution is 0.0881. The molecule has 4 nitrogen and oxygen atoms in total. The summed E-state index contributed by atoms with van der Waals surface area (Å²) in [5.41, 5.74) is -1.34. The van der Waals surface area contributed by atoms with Gasteiger partial charge in [-0.3, -0.25) is 0 Å². The van der Waals surface area contributed by atoms with E-state index in [1.807, 2.05) is 0 Å². The number of rotatable bonds is 1. The van der Waals surface area contributed by atoms with Crippen LogP contribution in [0.5, 0.6) is 0 Å². The van der Waals surface area contributed by atoms with E-state index in [9.17, 15) is 5.11 Å². The molecule has 1 aromatic rings. The SMILES string of the molecule is CC#C[C@@](C)(O)c1nnc(C)o1. The molecule has 0 fully saturated rings. The first-order chi connectivity index (χ1) is 5.56. The van der Waals surface area contributed by atoms with Gasteiger partial charge in [-0.1, -0.05) is 5.92 Å². The quantitative estimate of drug-likeness (QED) is 0.621. The van der Waals surface area contributed by atoms with Crippen LogP contribution in [0.1, 0.15) is 25.6 Å². The second kappa shape index (κ2) is 2.95. The second-order valence-corrected chi connectivity index (χ2v) is 2.57. The van der Waals surface area contributed by atoms with E-state index in [-0.39, 0.29) is 5.89 Å². The highest BCUT2D eigenvalue weighted by molar-refractivity contribution is 5.16. The Morgan fingerprint density at radius 1 is 1.50 bits per heavy atom. The third-order valence-corrected chi connectivity index (χ3v) is 1.31. The van der Waals surface area contributed by atoms with Gasteiger partial charge in [0.05, 0.1) is 0 Å². The molecule has 0 unspecified atom stereocenters. The smallest absolute Gasteiger partial charge is 0.260 e. The highest BCUT2D eigenvalue weighted by Crippen LogP contribution is 2.17. The molecule has 0 aromatic carbocycles. The van der Waals surface area contributed by atoms with Crippen molar-refractivity contribution in [2.75, 3.05) is 0 Å². The molecule has 1 heterocycles. The summed E-state index contributed by atoms with van der Waals surface area (Å²) in [6.45, 7) is 4.81. The number of aryl methyl sites for hydroxylation is 1. The fraction of sp³-hybridized carbons (Fsp3) is 0.500. The van der Waals surface area contributed by atoms with Crippen molar-refractivity contribution in [3.8, 4) is 11.8 Å². The standard InChI is InChI=1S/C8H10N2O2/c1-4-5-8(3,11)7-10-9-6(2)12-7/h11H,1-3H3/t8-/m1/s1. The lowest BCUT2D eigenvalue weighted by Crippen LogP contribution is -2.18. The van der Waals surface area contributed by atoms with Crippen LogP contribution in [0.4, 0.5) is 0 Å². The van der Waals surface area contributed by atoms with Crippen molar-refractivity contribution in [3.63, 3.8) is 0 Å². The van der Waals surface area contributed by atoms with Crippen molar-refractivity contribution in [2.24, 2.45) is 0 Å². The molecule has 0 spiro atoms. The van der Waals surface area contributed by atoms with Gasteiger partial charge in [-0.15, -0.1) is 16.1 Å². The highest BCUT2D eigenvalue weighted by Gasteiger charge is 2.26. The van der Waals surface area contributed by atoms with E-state index in [4.69, 9.17) is 4.42 Å². The van der Waals surface area contributed by atoms with Crippen LogP contribution in [0.15, 0.2) is 4.42 Å². The Balaban J connectivity index is 3.02. The van der Waals surface area contributed by atoms with Gasteiger partial charge in [-0.2, -0.15) is 0 Å². The fourth-order valence-electron chi connectivity index (χ4n) is 0.790. The van der Waals surface area contributed by atoms with Crippen LogP contribution in [-0.2, 0) is 5.60 Å². The van der Waals surface area contributed by atoms with Gasteiger partial charge in [0, 0.05) is 6.92 Å². The van der Waals surface area contributed by atoms with Crippen molar-refractivity contribution in [1.82, 2.24) is 10.2 Å². The number of nitrogens with zero attached hydrogens (tertiary/aromatic N) is 2. The van der Waals surface area contributed by atoms with E-state index in [0.717, 1.165) is 0 Å². The molecule has 0 radical (unpaired) electrons. The van der Waals surface area contributed by atoms with Gasteiger partial charge >= 0.3 is 0 Å². The molecule has 1 atom stereocenters. The van der Waals surface area contributed by atoms with Crippen LogP contribution in [0.25, 0.3) is 0 Å². The predicted molar refractivity (Wildman–Crippen MR) is 42.1 cm³/mol. The summed E-state index contributed by atoms with van der Waals surface area (Å²) in [5.74, 6) is 5.70. The van der Waals surface area contributed by atoms with Crippen LogP contribution in [-0.4, -0.2) is 15.3 Å². The fourth-order valence-corrected chi connectivity index (χ4v) is 0.790. The van der Waals surface area contributed by atoms with Gasteiger partial charge in [-0.05, 0) is 13.8 Å². The molecule has 1 aromatic heterocycles. The van der Waals surface area contributed by atoms with E-state index in [1.54, 1.807) is 13.8 Å². The Hall–Kier alpha value is -1.34. The molecule has 64 valence electrons. The minimum atomic E-state index is -1.34. The van der Waals surface area contributed by atoms with Gasteiger partial charge in [0.1, 0.15) is 0 Å². The summed E-state index contributed by atoms with van der Waals surface area (Å²) in [7, 11) is 0. The highest BCUT2D eigenvalue weighted by atomic mass is 16.4. The van der Waals surface area contributed by atoms with E-state index < -0.39 is 5.60 Å². The lowest BCUT2D eigenvalue weighted by atomic mass is 10.1. The molecular formula is C8H10N2O2. The van der Waals surface area contributed by atoms with Crippen LogP contribution >= 0.6 is 0 Å². The van der Waals surface area contributed by atoms with E-state index >= 15 is 0 Å². The molecule has 1 N–H and O–H groups in total. The largest absolute Gasteiger partial charge is 0.421 e. The van der Waals surface area contributed by atoms with Crippen LogP contribution in [0.3, 0.4) is 0 Å². The number of aromatic nitrogens is 2. The Kier molecular flexibility index (Phi) is 2.15. The summed E-state index contributed by atoms with van der Waals surface area (Å²) in [6.07, 6.45) is 0. The molecule has 0 saturated heterocycles. The first kappa shape index (κ1) is 8.75. The van der Waals surface area contributed by atoms with E-state index in [1.165, 1.54) is 6.92 Å². The zero-order valence-corrected chi connectivity index (χ0v) is 7.25.